The number of aliphatic hydroxyl groups is 1. The largest absolute Gasteiger partial charge is 0.393 e. The lowest BCUT2D eigenvalue weighted by Gasteiger charge is -2.32. The van der Waals surface area contributed by atoms with Gasteiger partial charge in [-0.15, -0.1) is 0 Å². The predicted molar refractivity (Wildman–Crippen MR) is 61.7 cm³/mol. The van der Waals surface area contributed by atoms with Crippen molar-refractivity contribution in [2.45, 2.75) is 70.6 Å². The maximum Gasteiger partial charge on any atom is 0.391 e. The normalized spacial score (nSPS) is 28.1. The molecule has 0 aromatic carbocycles. The van der Waals surface area contributed by atoms with Crippen LogP contribution < -0.4 is 0 Å². The Morgan fingerprint density at radius 1 is 1.12 bits per heavy atom. The maximum atomic E-state index is 12.5. The van der Waals surface area contributed by atoms with Crippen LogP contribution in [0.1, 0.15) is 58.3 Å². The van der Waals surface area contributed by atoms with E-state index in [1.54, 1.807) is 0 Å². The van der Waals surface area contributed by atoms with Crippen molar-refractivity contribution in [2.75, 3.05) is 0 Å². The summed E-state index contributed by atoms with van der Waals surface area (Å²) in [5, 5.41) is 9.91. The zero-order valence-corrected chi connectivity index (χ0v) is 10.5. The lowest BCUT2D eigenvalue weighted by atomic mass is 9.78. The topological polar surface area (TPSA) is 20.2 Å². The molecular weight excluding hydrogens is 229 g/mol. The first kappa shape index (κ1) is 14.8. The second-order valence-corrected chi connectivity index (χ2v) is 5.22. The maximum absolute atomic E-state index is 12.5. The third kappa shape index (κ3) is 4.86. The van der Waals surface area contributed by atoms with Crippen LogP contribution in [0, 0.1) is 11.8 Å². The van der Waals surface area contributed by atoms with Gasteiger partial charge in [-0.05, 0) is 38.0 Å². The summed E-state index contributed by atoms with van der Waals surface area (Å²) in [4.78, 5) is 0. The number of hydrogen-bond acceptors (Lipinski definition) is 1. The summed E-state index contributed by atoms with van der Waals surface area (Å²) in [6.07, 6.45) is 0.926. The van der Waals surface area contributed by atoms with E-state index in [1.807, 2.05) is 0 Å². The van der Waals surface area contributed by atoms with Gasteiger partial charge in [0.1, 0.15) is 0 Å². The summed E-state index contributed by atoms with van der Waals surface area (Å²) in [7, 11) is 0. The fourth-order valence-electron chi connectivity index (χ4n) is 2.67. The number of unbranched alkanes of at least 4 members (excludes halogenated alkanes) is 2. The van der Waals surface area contributed by atoms with Crippen LogP contribution in [-0.4, -0.2) is 17.4 Å². The highest BCUT2D eigenvalue weighted by molar-refractivity contribution is 4.80. The second-order valence-electron chi connectivity index (χ2n) is 5.22. The van der Waals surface area contributed by atoms with E-state index in [0.29, 0.717) is 12.8 Å². The molecule has 0 aromatic rings. The van der Waals surface area contributed by atoms with Crippen LogP contribution in [0.3, 0.4) is 0 Å². The monoisotopic (exact) mass is 252 g/mol. The van der Waals surface area contributed by atoms with Crippen molar-refractivity contribution in [2.24, 2.45) is 11.8 Å². The van der Waals surface area contributed by atoms with E-state index in [-0.39, 0.29) is 18.8 Å². The first-order valence-corrected chi connectivity index (χ1v) is 6.70. The van der Waals surface area contributed by atoms with Gasteiger partial charge in [0.05, 0.1) is 12.0 Å². The van der Waals surface area contributed by atoms with Crippen molar-refractivity contribution in [3.05, 3.63) is 0 Å². The lowest BCUT2D eigenvalue weighted by Crippen LogP contribution is -2.32. The number of hydrogen-bond donors (Lipinski definition) is 1. The van der Waals surface area contributed by atoms with Crippen LogP contribution in [0.2, 0.25) is 0 Å². The minimum atomic E-state index is -4.04. The Morgan fingerprint density at radius 3 is 2.18 bits per heavy atom. The highest BCUT2D eigenvalue weighted by Gasteiger charge is 2.42. The standard InChI is InChI=1S/C13H23F3O/c1-2-3-4-5-12(17)10-6-8-11(9-7-10)13(14,15)16/h10-12,17H,2-9H2,1H3. The fourth-order valence-corrected chi connectivity index (χ4v) is 2.67. The van der Waals surface area contributed by atoms with Crippen LogP contribution in [0.15, 0.2) is 0 Å². The Morgan fingerprint density at radius 2 is 1.71 bits per heavy atom. The molecule has 1 unspecified atom stereocenters. The van der Waals surface area contributed by atoms with Crippen molar-refractivity contribution >= 4 is 0 Å². The summed E-state index contributed by atoms with van der Waals surface area (Å²) in [5.74, 6) is -1.05. The van der Waals surface area contributed by atoms with E-state index in [2.05, 4.69) is 6.92 Å². The lowest BCUT2D eigenvalue weighted by molar-refractivity contribution is -0.185. The minimum Gasteiger partial charge on any atom is -0.393 e. The van der Waals surface area contributed by atoms with Crippen molar-refractivity contribution in [1.29, 1.82) is 0 Å². The molecule has 1 fully saturated rings. The average Bonchev–Trinajstić information content (AvgIpc) is 2.28. The SMILES string of the molecule is CCCCCC(O)C1CCC(C(F)(F)F)CC1. The first-order chi connectivity index (χ1) is 7.95. The van der Waals surface area contributed by atoms with Crippen LogP contribution in [0.5, 0.6) is 0 Å². The van der Waals surface area contributed by atoms with Gasteiger partial charge in [-0.2, -0.15) is 13.2 Å². The highest BCUT2D eigenvalue weighted by Crippen LogP contribution is 2.40. The molecule has 0 amide bonds. The molecule has 0 bridgehead atoms. The number of aliphatic hydroxyl groups excluding tert-OH is 1. The van der Waals surface area contributed by atoms with Crippen molar-refractivity contribution < 1.29 is 18.3 Å². The number of halogens is 3. The van der Waals surface area contributed by atoms with E-state index in [4.69, 9.17) is 0 Å². The number of rotatable bonds is 5. The molecule has 102 valence electrons. The molecule has 1 rings (SSSR count). The van der Waals surface area contributed by atoms with Gasteiger partial charge in [0, 0.05) is 0 Å². The van der Waals surface area contributed by atoms with Crippen LogP contribution >= 0.6 is 0 Å². The highest BCUT2D eigenvalue weighted by atomic mass is 19.4. The van der Waals surface area contributed by atoms with Gasteiger partial charge in [-0.1, -0.05) is 26.2 Å². The van der Waals surface area contributed by atoms with E-state index in [1.165, 1.54) is 0 Å². The number of alkyl halides is 3. The summed E-state index contributed by atoms with van der Waals surface area (Å²) >= 11 is 0. The van der Waals surface area contributed by atoms with Gasteiger partial charge in [0.2, 0.25) is 0 Å². The van der Waals surface area contributed by atoms with E-state index < -0.39 is 18.2 Å². The molecule has 4 heteroatoms. The molecule has 1 aliphatic carbocycles. The second kappa shape index (κ2) is 6.62. The van der Waals surface area contributed by atoms with Gasteiger partial charge >= 0.3 is 6.18 Å². The molecule has 1 N–H and O–H groups in total. The minimum absolute atomic E-state index is 0.0884. The molecule has 17 heavy (non-hydrogen) atoms. The summed E-state index contributed by atoms with van der Waals surface area (Å²) in [6, 6.07) is 0. The Labute approximate surface area is 101 Å². The molecule has 1 atom stereocenters. The van der Waals surface area contributed by atoms with Gasteiger partial charge in [0.15, 0.2) is 0 Å². The molecule has 0 aromatic heterocycles. The van der Waals surface area contributed by atoms with E-state index in [0.717, 1.165) is 25.7 Å². The third-order valence-electron chi connectivity index (χ3n) is 3.88. The van der Waals surface area contributed by atoms with Gasteiger partial charge in [0.25, 0.3) is 0 Å². The Balaban J connectivity index is 2.26. The predicted octanol–water partition coefficient (Wildman–Crippen LogP) is 4.30. The average molecular weight is 252 g/mol. The Bertz CT molecular complexity index is 207. The molecule has 0 heterocycles. The van der Waals surface area contributed by atoms with Gasteiger partial charge < -0.3 is 5.11 Å². The molecule has 0 spiro atoms. The van der Waals surface area contributed by atoms with Gasteiger partial charge in [-0.25, -0.2) is 0 Å². The van der Waals surface area contributed by atoms with Crippen LogP contribution in [0.25, 0.3) is 0 Å². The zero-order chi connectivity index (χ0) is 12.9. The van der Waals surface area contributed by atoms with Crippen LogP contribution in [-0.2, 0) is 0 Å². The quantitative estimate of drug-likeness (QED) is 0.723. The zero-order valence-electron chi connectivity index (χ0n) is 10.5. The molecular formula is C13H23F3O. The molecule has 0 radical (unpaired) electrons. The molecule has 0 saturated heterocycles. The smallest absolute Gasteiger partial charge is 0.391 e. The molecule has 0 aliphatic heterocycles. The molecule has 1 saturated carbocycles. The van der Waals surface area contributed by atoms with Gasteiger partial charge in [-0.3, -0.25) is 0 Å². The first-order valence-electron chi connectivity index (χ1n) is 6.70. The van der Waals surface area contributed by atoms with E-state index in [9.17, 15) is 18.3 Å². The fraction of sp³-hybridized carbons (Fsp3) is 1.00. The summed E-state index contributed by atoms with van der Waals surface area (Å²) in [5.41, 5.74) is 0. The summed E-state index contributed by atoms with van der Waals surface area (Å²) < 4.78 is 37.4. The van der Waals surface area contributed by atoms with Crippen molar-refractivity contribution in [3.63, 3.8) is 0 Å². The molecule has 1 nitrogen and oxygen atoms in total. The van der Waals surface area contributed by atoms with Crippen LogP contribution in [0.4, 0.5) is 13.2 Å². The molecule has 1 aliphatic rings. The summed E-state index contributed by atoms with van der Waals surface area (Å²) in [6.45, 7) is 2.10. The Kier molecular flexibility index (Phi) is 5.77. The van der Waals surface area contributed by atoms with Crippen molar-refractivity contribution in [3.8, 4) is 0 Å². The van der Waals surface area contributed by atoms with Crippen molar-refractivity contribution in [1.82, 2.24) is 0 Å². The Hall–Kier alpha value is -0.250. The third-order valence-corrected chi connectivity index (χ3v) is 3.88. The van der Waals surface area contributed by atoms with E-state index >= 15 is 0 Å².